The van der Waals surface area contributed by atoms with Gasteiger partial charge in [0.05, 0.1) is 12.2 Å². The maximum absolute atomic E-state index is 6.17. The largest absolute Gasteiger partial charge is 0.381 e. The Morgan fingerprint density at radius 3 is 2.28 bits per heavy atom. The normalized spacial score (nSPS) is 41.8. The highest BCUT2D eigenvalue weighted by Gasteiger charge is 2.28. The van der Waals surface area contributed by atoms with Crippen LogP contribution in [0.4, 0.5) is 0 Å². The maximum Gasteiger partial charge on any atom is 0.0598 e. The molecule has 0 spiro atoms. The molecule has 2 aliphatic rings. The van der Waals surface area contributed by atoms with E-state index >= 15 is 0 Å². The van der Waals surface area contributed by atoms with Gasteiger partial charge in [0.2, 0.25) is 0 Å². The van der Waals surface area contributed by atoms with Gasteiger partial charge >= 0.3 is 0 Å². The zero-order valence-corrected chi connectivity index (χ0v) is 12.4. The monoisotopic (exact) mass is 254 g/mol. The van der Waals surface area contributed by atoms with Crippen molar-refractivity contribution < 1.29 is 9.47 Å². The Balaban J connectivity index is 1.65. The molecule has 2 heteroatoms. The third-order valence-electron chi connectivity index (χ3n) is 5.05. The fourth-order valence-electron chi connectivity index (χ4n) is 3.59. The molecular formula is C16H30O2. The molecule has 2 aliphatic carbocycles. The van der Waals surface area contributed by atoms with Crippen molar-refractivity contribution in [2.45, 2.75) is 71.0 Å². The number of methoxy groups -OCH3 is 1. The Morgan fingerprint density at radius 2 is 1.67 bits per heavy atom. The van der Waals surface area contributed by atoms with Gasteiger partial charge in [0.25, 0.3) is 0 Å². The molecule has 0 aliphatic heterocycles. The molecular weight excluding hydrogens is 224 g/mol. The third kappa shape index (κ3) is 3.96. The van der Waals surface area contributed by atoms with Gasteiger partial charge < -0.3 is 9.47 Å². The minimum absolute atomic E-state index is 0.459. The van der Waals surface area contributed by atoms with Crippen LogP contribution in [0.1, 0.15) is 58.8 Å². The van der Waals surface area contributed by atoms with Gasteiger partial charge in [0, 0.05) is 13.7 Å². The summed E-state index contributed by atoms with van der Waals surface area (Å²) in [6, 6.07) is 0. The van der Waals surface area contributed by atoms with Crippen LogP contribution in [-0.2, 0) is 9.47 Å². The Kier molecular flexibility index (Phi) is 5.50. The standard InChI is InChI=1S/C16H30O2/c1-12-4-6-14(7-5-12)11-18-15-8-9-16(17-3)13(2)10-15/h12-16H,4-11H2,1-3H3. The van der Waals surface area contributed by atoms with Gasteiger partial charge in [-0.2, -0.15) is 0 Å². The summed E-state index contributed by atoms with van der Waals surface area (Å²) >= 11 is 0. The van der Waals surface area contributed by atoms with Crippen LogP contribution in [0.3, 0.4) is 0 Å². The fourth-order valence-corrected chi connectivity index (χ4v) is 3.59. The van der Waals surface area contributed by atoms with Gasteiger partial charge in [-0.1, -0.05) is 26.7 Å². The van der Waals surface area contributed by atoms with E-state index in [0.717, 1.165) is 18.4 Å². The quantitative estimate of drug-likeness (QED) is 0.754. The first-order chi connectivity index (χ1) is 8.69. The molecule has 0 saturated heterocycles. The van der Waals surface area contributed by atoms with Crippen molar-refractivity contribution in [3.8, 4) is 0 Å². The van der Waals surface area contributed by atoms with Gasteiger partial charge in [0.15, 0.2) is 0 Å². The number of rotatable bonds is 4. The first kappa shape index (κ1) is 14.3. The second-order valence-corrected chi connectivity index (χ2v) is 6.65. The number of hydrogen-bond donors (Lipinski definition) is 0. The van der Waals surface area contributed by atoms with Crippen molar-refractivity contribution in [3.63, 3.8) is 0 Å². The molecule has 0 aromatic heterocycles. The van der Waals surface area contributed by atoms with E-state index in [2.05, 4.69) is 13.8 Å². The molecule has 106 valence electrons. The predicted octanol–water partition coefficient (Wildman–Crippen LogP) is 4.03. The first-order valence-electron chi connectivity index (χ1n) is 7.83. The summed E-state index contributed by atoms with van der Waals surface area (Å²) in [5.41, 5.74) is 0. The van der Waals surface area contributed by atoms with E-state index in [1.165, 1.54) is 44.9 Å². The summed E-state index contributed by atoms with van der Waals surface area (Å²) in [6.45, 7) is 5.68. The average Bonchev–Trinajstić information content (AvgIpc) is 2.38. The Labute approximate surface area is 112 Å². The summed E-state index contributed by atoms with van der Waals surface area (Å²) in [5.74, 6) is 2.43. The van der Waals surface area contributed by atoms with E-state index in [0.29, 0.717) is 18.1 Å². The van der Waals surface area contributed by atoms with Crippen LogP contribution in [0.25, 0.3) is 0 Å². The van der Waals surface area contributed by atoms with Crippen LogP contribution < -0.4 is 0 Å². The summed E-state index contributed by atoms with van der Waals surface area (Å²) < 4.78 is 11.7. The minimum Gasteiger partial charge on any atom is -0.381 e. The van der Waals surface area contributed by atoms with Gasteiger partial charge in [-0.25, -0.2) is 0 Å². The smallest absolute Gasteiger partial charge is 0.0598 e. The molecule has 3 atom stereocenters. The van der Waals surface area contributed by atoms with Crippen molar-refractivity contribution in [1.29, 1.82) is 0 Å². The zero-order valence-electron chi connectivity index (χ0n) is 12.4. The number of hydrogen-bond acceptors (Lipinski definition) is 2. The second kappa shape index (κ2) is 6.91. The zero-order chi connectivity index (χ0) is 13.0. The topological polar surface area (TPSA) is 18.5 Å². The molecule has 2 rings (SSSR count). The summed E-state index contributed by atoms with van der Waals surface area (Å²) in [4.78, 5) is 0. The maximum atomic E-state index is 6.17. The second-order valence-electron chi connectivity index (χ2n) is 6.65. The average molecular weight is 254 g/mol. The van der Waals surface area contributed by atoms with E-state index in [4.69, 9.17) is 9.47 Å². The molecule has 0 bridgehead atoms. The molecule has 0 radical (unpaired) electrons. The van der Waals surface area contributed by atoms with Crippen LogP contribution >= 0.6 is 0 Å². The predicted molar refractivity (Wildman–Crippen MR) is 74.7 cm³/mol. The van der Waals surface area contributed by atoms with E-state index < -0.39 is 0 Å². The van der Waals surface area contributed by atoms with Gasteiger partial charge in [0.1, 0.15) is 0 Å². The van der Waals surface area contributed by atoms with Gasteiger partial charge in [-0.05, 0) is 49.9 Å². The minimum atomic E-state index is 0.459. The summed E-state index contributed by atoms with van der Waals surface area (Å²) in [6.07, 6.45) is 10.1. The lowest BCUT2D eigenvalue weighted by molar-refractivity contribution is -0.0557. The van der Waals surface area contributed by atoms with Crippen LogP contribution in [0.5, 0.6) is 0 Å². The molecule has 2 fully saturated rings. The molecule has 2 nitrogen and oxygen atoms in total. The van der Waals surface area contributed by atoms with Crippen molar-refractivity contribution in [2.24, 2.45) is 17.8 Å². The van der Waals surface area contributed by atoms with E-state index in [1.54, 1.807) is 0 Å². The highest BCUT2D eigenvalue weighted by Crippen LogP contribution is 2.31. The van der Waals surface area contributed by atoms with Crippen molar-refractivity contribution in [2.75, 3.05) is 13.7 Å². The van der Waals surface area contributed by atoms with Crippen LogP contribution in [0.2, 0.25) is 0 Å². The molecule has 3 unspecified atom stereocenters. The lowest BCUT2D eigenvalue weighted by atomic mass is 9.83. The molecule has 2 saturated carbocycles. The summed E-state index contributed by atoms with van der Waals surface area (Å²) in [5, 5.41) is 0. The Bertz CT molecular complexity index is 233. The lowest BCUT2D eigenvalue weighted by Crippen LogP contribution is -2.33. The molecule has 18 heavy (non-hydrogen) atoms. The lowest BCUT2D eigenvalue weighted by Gasteiger charge is -2.34. The first-order valence-corrected chi connectivity index (χ1v) is 7.83. The van der Waals surface area contributed by atoms with Gasteiger partial charge in [-0.15, -0.1) is 0 Å². The summed E-state index contributed by atoms with van der Waals surface area (Å²) in [7, 11) is 1.84. The molecule has 0 N–H and O–H groups in total. The van der Waals surface area contributed by atoms with Gasteiger partial charge in [-0.3, -0.25) is 0 Å². The molecule has 0 heterocycles. The third-order valence-corrected chi connectivity index (χ3v) is 5.05. The van der Waals surface area contributed by atoms with Crippen molar-refractivity contribution in [1.82, 2.24) is 0 Å². The highest BCUT2D eigenvalue weighted by atomic mass is 16.5. The van der Waals surface area contributed by atoms with E-state index in [1.807, 2.05) is 7.11 Å². The SMILES string of the molecule is COC1CCC(OCC2CCC(C)CC2)CC1C. The van der Waals surface area contributed by atoms with E-state index in [9.17, 15) is 0 Å². The Hall–Kier alpha value is -0.0800. The molecule has 0 aromatic carbocycles. The van der Waals surface area contributed by atoms with Crippen LogP contribution in [-0.4, -0.2) is 25.9 Å². The van der Waals surface area contributed by atoms with Crippen LogP contribution in [0, 0.1) is 17.8 Å². The van der Waals surface area contributed by atoms with Crippen molar-refractivity contribution in [3.05, 3.63) is 0 Å². The van der Waals surface area contributed by atoms with Crippen LogP contribution in [0.15, 0.2) is 0 Å². The van der Waals surface area contributed by atoms with E-state index in [-0.39, 0.29) is 0 Å². The fraction of sp³-hybridized carbons (Fsp3) is 1.00. The van der Waals surface area contributed by atoms with Crippen molar-refractivity contribution >= 4 is 0 Å². The number of ether oxygens (including phenoxy) is 2. The molecule has 0 aromatic rings. The Morgan fingerprint density at radius 1 is 0.944 bits per heavy atom. The molecule has 0 amide bonds. The highest BCUT2D eigenvalue weighted by molar-refractivity contribution is 4.79.